The van der Waals surface area contributed by atoms with E-state index in [0.717, 1.165) is 0 Å². The number of aliphatic hydroxyl groups is 2. The van der Waals surface area contributed by atoms with Crippen LogP contribution < -0.4 is 5.32 Å². The molecule has 0 radical (unpaired) electrons. The highest BCUT2D eigenvalue weighted by molar-refractivity contribution is 5.83. The minimum absolute atomic E-state index is 0.284. The van der Waals surface area contributed by atoms with Crippen molar-refractivity contribution in [2.24, 2.45) is 0 Å². The maximum atomic E-state index is 11.4. The third-order valence-corrected chi connectivity index (χ3v) is 2.92. The van der Waals surface area contributed by atoms with Gasteiger partial charge in [0.15, 0.2) is 5.78 Å². The lowest BCUT2D eigenvalue weighted by molar-refractivity contribution is -0.189. The van der Waals surface area contributed by atoms with E-state index in [2.05, 4.69) is 5.32 Å². The van der Waals surface area contributed by atoms with E-state index in [1.165, 1.54) is 13.8 Å². The van der Waals surface area contributed by atoms with Gasteiger partial charge in [0.25, 0.3) is 0 Å². The van der Waals surface area contributed by atoms with Crippen molar-refractivity contribution in [2.75, 3.05) is 0 Å². The molecule has 0 spiro atoms. The Kier molecular flexibility index (Phi) is 4.62. The molecule has 17 heavy (non-hydrogen) atoms. The molecule has 98 valence electrons. The minimum Gasteiger partial charge on any atom is -0.388 e. The molecule has 5 atom stereocenters. The summed E-state index contributed by atoms with van der Waals surface area (Å²) in [7, 11) is 0. The number of Topliss-reactive ketones (excluding diaryl/α,β-unsaturated/α-hetero) is 1. The van der Waals surface area contributed by atoms with Crippen molar-refractivity contribution in [3.05, 3.63) is 0 Å². The van der Waals surface area contributed by atoms with Gasteiger partial charge < -0.3 is 20.3 Å². The Balaban J connectivity index is 2.90. The number of nitrogens with one attached hydrogen (secondary N) is 1. The fourth-order valence-corrected chi connectivity index (χ4v) is 2.05. The quantitative estimate of drug-likeness (QED) is 0.591. The monoisotopic (exact) mass is 245 g/mol. The molecule has 0 bridgehead atoms. The summed E-state index contributed by atoms with van der Waals surface area (Å²) in [4.78, 5) is 22.4. The lowest BCUT2D eigenvalue weighted by atomic mass is 9.90. The second-order valence-corrected chi connectivity index (χ2v) is 4.32. The van der Waals surface area contributed by atoms with Gasteiger partial charge in [0, 0.05) is 6.92 Å². The molecule has 0 aromatic carbocycles. The van der Waals surface area contributed by atoms with Gasteiger partial charge in [0.05, 0.1) is 12.1 Å². The van der Waals surface area contributed by atoms with Crippen LogP contribution in [0.15, 0.2) is 0 Å². The number of hydrogen-bond donors (Lipinski definition) is 3. The summed E-state index contributed by atoms with van der Waals surface area (Å²) in [5, 5.41) is 22.1. The number of rotatable bonds is 3. The summed E-state index contributed by atoms with van der Waals surface area (Å²) in [6, 6.07) is -0.900. The molecule has 1 aliphatic rings. The molecular weight excluding hydrogens is 226 g/mol. The maximum absolute atomic E-state index is 11.4. The number of carbonyl (C=O) groups is 2. The zero-order chi connectivity index (χ0) is 13.2. The molecule has 1 rings (SSSR count). The Morgan fingerprint density at radius 2 is 1.82 bits per heavy atom. The average molecular weight is 245 g/mol. The number of hydrogen-bond acceptors (Lipinski definition) is 5. The molecule has 0 saturated carbocycles. The van der Waals surface area contributed by atoms with Crippen LogP contribution in [0.5, 0.6) is 0 Å². The molecule has 5 unspecified atom stereocenters. The number of ketones is 1. The fraction of sp³-hybridized carbons (Fsp3) is 0.818. The van der Waals surface area contributed by atoms with Crippen molar-refractivity contribution >= 4 is 11.7 Å². The van der Waals surface area contributed by atoms with Crippen molar-refractivity contribution in [3.8, 4) is 0 Å². The number of aliphatic hydroxyl groups excluding tert-OH is 2. The molecule has 6 heteroatoms. The van der Waals surface area contributed by atoms with E-state index in [0.29, 0.717) is 6.42 Å². The first-order valence-corrected chi connectivity index (χ1v) is 5.67. The average Bonchev–Trinajstić information content (AvgIpc) is 2.24. The van der Waals surface area contributed by atoms with E-state index in [-0.39, 0.29) is 11.7 Å². The van der Waals surface area contributed by atoms with Crippen LogP contribution in [0, 0.1) is 0 Å². The zero-order valence-electron chi connectivity index (χ0n) is 10.2. The third kappa shape index (κ3) is 3.02. The first-order valence-electron chi connectivity index (χ1n) is 5.67. The van der Waals surface area contributed by atoms with Crippen LogP contribution in [0.4, 0.5) is 0 Å². The highest BCUT2D eigenvalue weighted by Gasteiger charge is 2.45. The van der Waals surface area contributed by atoms with Gasteiger partial charge in [-0.05, 0) is 13.3 Å². The fourth-order valence-electron chi connectivity index (χ4n) is 2.05. The van der Waals surface area contributed by atoms with Crippen LogP contribution >= 0.6 is 0 Å². The topological polar surface area (TPSA) is 95.9 Å². The van der Waals surface area contributed by atoms with Crippen molar-refractivity contribution in [2.45, 2.75) is 57.6 Å². The van der Waals surface area contributed by atoms with Gasteiger partial charge in [-0.2, -0.15) is 0 Å². The summed E-state index contributed by atoms with van der Waals surface area (Å²) >= 11 is 0. The SMILES string of the molecule is CCC1OC(C(C)=O)C(NC(C)=O)C(O)C1O. The van der Waals surface area contributed by atoms with Gasteiger partial charge >= 0.3 is 0 Å². The van der Waals surface area contributed by atoms with Crippen LogP contribution in [0.2, 0.25) is 0 Å². The first kappa shape index (κ1) is 14.1. The molecule has 6 nitrogen and oxygen atoms in total. The third-order valence-electron chi connectivity index (χ3n) is 2.92. The van der Waals surface area contributed by atoms with Gasteiger partial charge in [-0.15, -0.1) is 0 Å². The summed E-state index contributed by atoms with van der Waals surface area (Å²) in [6.45, 7) is 4.40. The number of carbonyl (C=O) groups excluding carboxylic acids is 2. The molecule has 0 aromatic rings. The van der Waals surface area contributed by atoms with E-state index in [4.69, 9.17) is 4.74 Å². The highest BCUT2D eigenvalue weighted by atomic mass is 16.5. The van der Waals surface area contributed by atoms with Crippen LogP contribution in [-0.2, 0) is 14.3 Å². The van der Waals surface area contributed by atoms with E-state index in [9.17, 15) is 19.8 Å². The Labute approximate surface area is 100.0 Å². The molecular formula is C11H19NO5. The summed E-state index contributed by atoms with van der Waals surface area (Å²) in [6.07, 6.45) is -3.33. The van der Waals surface area contributed by atoms with E-state index < -0.39 is 30.5 Å². The van der Waals surface area contributed by atoms with Crippen molar-refractivity contribution < 1.29 is 24.5 Å². The summed E-state index contributed by atoms with van der Waals surface area (Å²) in [5.74, 6) is -0.667. The van der Waals surface area contributed by atoms with Gasteiger partial charge in [-0.25, -0.2) is 0 Å². The Bertz CT molecular complexity index is 306. The molecule has 1 saturated heterocycles. The van der Waals surface area contributed by atoms with Crippen LogP contribution in [0.1, 0.15) is 27.2 Å². The lowest BCUT2D eigenvalue weighted by Crippen LogP contribution is -2.64. The number of ether oxygens (including phenoxy) is 1. The molecule has 1 fully saturated rings. The molecule has 3 N–H and O–H groups in total. The van der Waals surface area contributed by atoms with Crippen molar-refractivity contribution in [1.29, 1.82) is 0 Å². The minimum atomic E-state index is -1.20. The largest absolute Gasteiger partial charge is 0.388 e. The highest BCUT2D eigenvalue weighted by Crippen LogP contribution is 2.23. The van der Waals surface area contributed by atoms with Crippen molar-refractivity contribution in [3.63, 3.8) is 0 Å². The first-order chi connectivity index (χ1) is 7.88. The molecule has 0 aliphatic carbocycles. The molecule has 0 aromatic heterocycles. The normalized spacial score (nSPS) is 37.6. The van der Waals surface area contributed by atoms with Gasteiger partial charge in [0.2, 0.25) is 5.91 Å². The number of amides is 1. The van der Waals surface area contributed by atoms with Crippen molar-refractivity contribution in [1.82, 2.24) is 5.32 Å². The lowest BCUT2D eigenvalue weighted by Gasteiger charge is -2.41. The maximum Gasteiger partial charge on any atom is 0.217 e. The predicted molar refractivity (Wildman–Crippen MR) is 59.3 cm³/mol. The predicted octanol–water partition coefficient (Wildman–Crippen LogP) is -1.02. The van der Waals surface area contributed by atoms with Crippen LogP contribution in [-0.4, -0.2) is 52.4 Å². The van der Waals surface area contributed by atoms with E-state index in [1.807, 2.05) is 0 Å². The standard InChI is InChI=1S/C11H19NO5/c1-4-7-9(15)10(16)8(12-6(3)14)11(17-7)5(2)13/h7-11,15-16H,4H2,1-3H3,(H,12,14). The molecule has 1 heterocycles. The van der Waals surface area contributed by atoms with Crippen LogP contribution in [0.3, 0.4) is 0 Å². The Morgan fingerprint density at radius 1 is 1.24 bits per heavy atom. The van der Waals surface area contributed by atoms with Gasteiger partial charge in [0.1, 0.15) is 18.3 Å². The Morgan fingerprint density at radius 3 is 2.24 bits per heavy atom. The van der Waals surface area contributed by atoms with E-state index in [1.54, 1.807) is 6.92 Å². The second kappa shape index (κ2) is 5.57. The summed E-state index contributed by atoms with van der Waals surface area (Å²) in [5.41, 5.74) is 0. The smallest absolute Gasteiger partial charge is 0.217 e. The summed E-state index contributed by atoms with van der Waals surface area (Å²) < 4.78 is 5.42. The van der Waals surface area contributed by atoms with Crippen LogP contribution in [0.25, 0.3) is 0 Å². The van der Waals surface area contributed by atoms with Gasteiger partial charge in [-0.1, -0.05) is 6.92 Å². The zero-order valence-corrected chi connectivity index (χ0v) is 10.2. The van der Waals surface area contributed by atoms with E-state index >= 15 is 0 Å². The van der Waals surface area contributed by atoms with Gasteiger partial charge in [-0.3, -0.25) is 9.59 Å². The molecule has 1 amide bonds. The molecule has 1 aliphatic heterocycles. The Hall–Kier alpha value is -0.980. The second-order valence-electron chi connectivity index (χ2n) is 4.32.